The third-order valence-electron chi connectivity index (χ3n) is 7.66. The average Bonchev–Trinajstić information content (AvgIpc) is 3.73. The lowest BCUT2D eigenvalue weighted by Crippen LogP contribution is -2.36. The van der Waals surface area contributed by atoms with Gasteiger partial charge >= 0.3 is 11.8 Å². The van der Waals surface area contributed by atoms with Crippen LogP contribution < -0.4 is 10.6 Å². The molecule has 13 heteroatoms. The van der Waals surface area contributed by atoms with Gasteiger partial charge in [-0.05, 0) is 29.8 Å². The molecule has 0 spiro atoms. The molecule has 0 radical (unpaired) electrons. The lowest BCUT2D eigenvalue weighted by Gasteiger charge is -2.25. The summed E-state index contributed by atoms with van der Waals surface area (Å²) in [5.74, 6) is -0.607. The van der Waals surface area contributed by atoms with Gasteiger partial charge in [0.1, 0.15) is 17.2 Å². The van der Waals surface area contributed by atoms with Crippen molar-refractivity contribution in [2.24, 2.45) is 0 Å². The van der Waals surface area contributed by atoms with Crippen molar-refractivity contribution >= 4 is 28.7 Å². The van der Waals surface area contributed by atoms with Crippen molar-refractivity contribution in [1.29, 1.82) is 0 Å². The molecule has 2 amide bonds. The van der Waals surface area contributed by atoms with Gasteiger partial charge in [0, 0.05) is 60.6 Å². The molecule has 12 nitrogen and oxygen atoms in total. The molecule has 1 fully saturated rings. The third kappa shape index (κ3) is 7.42. The van der Waals surface area contributed by atoms with E-state index in [1.165, 1.54) is 12.1 Å². The highest BCUT2D eigenvalue weighted by atomic mass is 19.1. The Morgan fingerprint density at radius 1 is 1.06 bits per heavy atom. The largest absolute Gasteiger partial charge is 0.379 e. The highest BCUT2D eigenvalue weighted by molar-refractivity contribution is 6.02. The van der Waals surface area contributed by atoms with E-state index in [1.54, 1.807) is 30.5 Å². The number of carbonyl (C=O) groups excluding carboxylic acids is 2. The number of rotatable bonds is 9. The molecule has 0 saturated carbocycles. The van der Waals surface area contributed by atoms with Crippen LogP contribution in [0, 0.1) is 5.82 Å². The van der Waals surface area contributed by atoms with Gasteiger partial charge in [0.05, 0.1) is 18.9 Å². The number of ether oxygens (including phenoxy) is 1. The summed E-state index contributed by atoms with van der Waals surface area (Å²) in [7, 11) is 0. The van der Waals surface area contributed by atoms with Crippen LogP contribution in [-0.2, 0) is 21.5 Å². The molecule has 1 aliphatic rings. The van der Waals surface area contributed by atoms with E-state index in [4.69, 9.17) is 14.2 Å². The van der Waals surface area contributed by atoms with E-state index >= 15 is 4.39 Å². The number of anilines is 1. The van der Waals surface area contributed by atoms with Crippen LogP contribution in [0.3, 0.4) is 0 Å². The van der Waals surface area contributed by atoms with E-state index in [0.29, 0.717) is 64.9 Å². The van der Waals surface area contributed by atoms with Crippen molar-refractivity contribution in [2.75, 3.05) is 38.2 Å². The SMILES string of the molecule is CC(C)(C)c1noc(C(=O)NCc2ccc(-c3ccnc4[nH]c(-c5ccccc5NC(=O)/C=C/CN5CCOCC5)nc34)cc2F)n1. The Morgan fingerprint density at radius 3 is 2.64 bits per heavy atom. The second-order valence-electron chi connectivity index (χ2n) is 12.2. The predicted molar refractivity (Wildman–Crippen MR) is 174 cm³/mol. The molecule has 3 N–H and O–H groups in total. The Labute approximate surface area is 270 Å². The lowest BCUT2D eigenvalue weighted by molar-refractivity contribution is -0.111. The molecule has 2 aromatic carbocycles. The van der Waals surface area contributed by atoms with Gasteiger partial charge in [0.2, 0.25) is 5.91 Å². The molecule has 242 valence electrons. The Hall–Kier alpha value is -5.27. The van der Waals surface area contributed by atoms with Gasteiger partial charge in [-0.3, -0.25) is 14.5 Å². The van der Waals surface area contributed by atoms with E-state index in [0.717, 1.165) is 13.1 Å². The first-order valence-electron chi connectivity index (χ1n) is 15.3. The van der Waals surface area contributed by atoms with Crippen LogP contribution >= 0.6 is 0 Å². The summed E-state index contributed by atoms with van der Waals surface area (Å²) in [5, 5.41) is 9.43. The van der Waals surface area contributed by atoms with Crippen molar-refractivity contribution in [3.63, 3.8) is 0 Å². The number of hydrogen-bond donors (Lipinski definition) is 3. The normalized spacial score (nSPS) is 14.1. The zero-order chi connectivity index (χ0) is 33.0. The maximum atomic E-state index is 15.3. The summed E-state index contributed by atoms with van der Waals surface area (Å²) < 4.78 is 25.7. The fourth-order valence-corrected chi connectivity index (χ4v) is 5.07. The van der Waals surface area contributed by atoms with Crippen LogP contribution in [0.25, 0.3) is 33.7 Å². The monoisotopic (exact) mass is 638 g/mol. The van der Waals surface area contributed by atoms with Crippen molar-refractivity contribution in [3.05, 3.63) is 90.0 Å². The lowest BCUT2D eigenvalue weighted by atomic mass is 9.96. The molecule has 0 aliphatic carbocycles. The number of amides is 2. The van der Waals surface area contributed by atoms with E-state index in [1.807, 2.05) is 45.0 Å². The molecule has 0 atom stereocenters. The van der Waals surface area contributed by atoms with Crippen LogP contribution in [0.15, 0.2) is 71.4 Å². The number of fused-ring (bicyclic) bond motifs is 1. The fraction of sp³-hybridized carbons (Fsp3) is 0.294. The molecule has 4 heterocycles. The number of morpholine rings is 1. The zero-order valence-corrected chi connectivity index (χ0v) is 26.3. The minimum atomic E-state index is -0.586. The Kier molecular flexibility index (Phi) is 9.18. The number of para-hydroxylation sites is 1. The zero-order valence-electron chi connectivity index (χ0n) is 26.3. The fourth-order valence-electron chi connectivity index (χ4n) is 5.07. The summed E-state index contributed by atoms with van der Waals surface area (Å²) in [4.78, 5) is 44.1. The van der Waals surface area contributed by atoms with E-state index in [9.17, 15) is 9.59 Å². The second-order valence-corrected chi connectivity index (χ2v) is 12.2. The summed E-state index contributed by atoms with van der Waals surface area (Å²) in [6, 6.07) is 13.9. The van der Waals surface area contributed by atoms with Crippen LogP contribution in [0.4, 0.5) is 10.1 Å². The number of pyridine rings is 1. The van der Waals surface area contributed by atoms with Crippen LogP contribution in [0.1, 0.15) is 42.8 Å². The molecule has 47 heavy (non-hydrogen) atoms. The maximum absolute atomic E-state index is 15.3. The molecule has 6 rings (SSSR count). The second kappa shape index (κ2) is 13.6. The first-order chi connectivity index (χ1) is 22.7. The molecule has 1 saturated heterocycles. The van der Waals surface area contributed by atoms with Gasteiger partial charge in [-0.2, -0.15) is 4.98 Å². The standard InChI is InChI=1S/C34H35FN8O4/c1-34(2,3)33-41-32(47-42-33)31(45)37-20-22-11-10-21(19-25(22)35)23-12-13-36-30-28(23)39-29(40-30)24-7-4-5-8-26(24)38-27(44)9-6-14-43-15-17-46-18-16-43/h4-13,19H,14-18,20H2,1-3H3,(H,37,45)(H,38,44)(H,36,39,40)/b9-6+. The number of imidazole rings is 1. The van der Waals surface area contributed by atoms with Crippen LogP contribution in [0.5, 0.6) is 0 Å². The van der Waals surface area contributed by atoms with Crippen molar-refractivity contribution in [1.82, 2.24) is 35.3 Å². The van der Waals surface area contributed by atoms with Gasteiger partial charge < -0.3 is 24.9 Å². The molecule has 5 aromatic rings. The highest BCUT2D eigenvalue weighted by Gasteiger charge is 2.24. The summed E-state index contributed by atoms with van der Waals surface area (Å²) in [5.41, 5.74) is 3.48. The van der Waals surface area contributed by atoms with Crippen molar-refractivity contribution in [3.8, 4) is 22.5 Å². The average molecular weight is 639 g/mol. The first kappa shape index (κ1) is 31.7. The number of H-pyrrole nitrogens is 1. The number of nitrogens with one attached hydrogen (secondary N) is 3. The van der Waals surface area contributed by atoms with Gasteiger partial charge in [-0.15, -0.1) is 0 Å². The van der Waals surface area contributed by atoms with Gasteiger partial charge in [0.15, 0.2) is 11.5 Å². The predicted octanol–water partition coefficient (Wildman–Crippen LogP) is 4.87. The van der Waals surface area contributed by atoms with Gasteiger partial charge in [0.25, 0.3) is 0 Å². The van der Waals surface area contributed by atoms with Crippen molar-refractivity contribution < 1.29 is 23.2 Å². The van der Waals surface area contributed by atoms with E-state index in [2.05, 4.69) is 35.6 Å². The number of halogens is 1. The molecule has 3 aromatic heterocycles. The number of aromatic amines is 1. The van der Waals surface area contributed by atoms with Crippen molar-refractivity contribution in [2.45, 2.75) is 32.7 Å². The number of aromatic nitrogens is 5. The Bertz CT molecular complexity index is 1940. The quantitative estimate of drug-likeness (QED) is 0.192. The van der Waals surface area contributed by atoms with Crippen LogP contribution in [-0.4, -0.2) is 74.7 Å². The van der Waals surface area contributed by atoms with Gasteiger partial charge in [-0.25, -0.2) is 14.4 Å². The first-order valence-corrected chi connectivity index (χ1v) is 15.3. The summed E-state index contributed by atoms with van der Waals surface area (Å²) >= 11 is 0. The van der Waals surface area contributed by atoms with E-state index < -0.39 is 11.7 Å². The number of nitrogens with zero attached hydrogens (tertiary/aromatic N) is 5. The molecule has 0 bridgehead atoms. The highest BCUT2D eigenvalue weighted by Crippen LogP contribution is 2.32. The Balaban J connectivity index is 1.17. The third-order valence-corrected chi connectivity index (χ3v) is 7.66. The Morgan fingerprint density at radius 2 is 1.87 bits per heavy atom. The summed E-state index contributed by atoms with van der Waals surface area (Å²) in [6.45, 7) is 9.40. The topological polar surface area (TPSA) is 151 Å². The number of benzene rings is 2. The molecular weight excluding hydrogens is 603 g/mol. The summed E-state index contributed by atoms with van der Waals surface area (Å²) in [6.07, 6.45) is 4.99. The minimum Gasteiger partial charge on any atom is -0.379 e. The number of carbonyl (C=O) groups is 2. The maximum Gasteiger partial charge on any atom is 0.315 e. The van der Waals surface area contributed by atoms with Crippen LogP contribution in [0.2, 0.25) is 0 Å². The molecule has 0 unspecified atom stereocenters. The molecular formula is C34H35FN8O4. The van der Waals surface area contributed by atoms with E-state index in [-0.39, 0.29) is 29.3 Å². The van der Waals surface area contributed by atoms with Gasteiger partial charge in [-0.1, -0.05) is 56.3 Å². The number of hydrogen-bond acceptors (Lipinski definition) is 9. The smallest absolute Gasteiger partial charge is 0.315 e. The minimum absolute atomic E-state index is 0.0681. The molecule has 1 aliphatic heterocycles.